The molecule has 2 rings (SSSR count). The number of nitrogens with zero attached hydrogens (tertiary/aromatic N) is 1. The fourth-order valence-electron chi connectivity index (χ4n) is 1.71. The second kappa shape index (κ2) is 7.42. The normalized spacial score (nSPS) is 10.5. The summed E-state index contributed by atoms with van der Waals surface area (Å²) >= 11 is 0. The van der Waals surface area contributed by atoms with Gasteiger partial charge < -0.3 is 14.8 Å². The molecule has 0 unspecified atom stereocenters. The predicted octanol–water partition coefficient (Wildman–Crippen LogP) is 3.69. The van der Waals surface area contributed by atoms with Crippen molar-refractivity contribution < 1.29 is 18.3 Å². The van der Waals surface area contributed by atoms with Crippen LogP contribution in [0.2, 0.25) is 0 Å². The summed E-state index contributed by atoms with van der Waals surface area (Å²) in [5.74, 6) is 0.730. The summed E-state index contributed by atoms with van der Waals surface area (Å²) in [5, 5.41) is 3.18. The van der Waals surface area contributed by atoms with Crippen LogP contribution in [-0.2, 0) is 6.54 Å². The smallest absolute Gasteiger partial charge is 0.387 e. The zero-order valence-corrected chi connectivity index (χ0v) is 11.6. The molecule has 21 heavy (non-hydrogen) atoms. The molecule has 0 saturated heterocycles. The highest BCUT2D eigenvalue weighted by Gasteiger charge is 2.03. The van der Waals surface area contributed by atoms with E-state index in [-0.39, 0.29) is 5.75 Å². The van der Waals surface area contributed by atoms with E-state index >= 15 is 0 Å². The zero-order valence-electron chi connectivity index (χ0n) is 11.6. The highest BCUT2D eigenvalue weighted by atomic mass is 19.3. The molecule has 1 aromatic carbocycles. The highest BCUT2D eigenvalue weighted by Crippen LogP contribution is 2.16. The Morgan fingerprint density at radius 1 is 1.14 bits per heavy atom. The van der Waals surface area contributed by atoms with E-state index in [1.165, 1.54) is 12.1 Å². The van der Waals surface area contributed by atoms with E-state index in [1.54, 1.807) is 24.4 Å². The van der Waals surface area contributed by atoms with Gasteiger partial charge in [0.1, 0.15) is 5.75 Å². The third-order valence-electron chi connectivity index (χ3n) is 2.67. The van der Waals surface area contributed by atoms with Gasteiger partial charge in [0.2, 0.25) is 5.88 Å². The summed E-state index contributed by atoms with van der Waals surface area (Å²) in [6.07, 6.45) is 1.68. The first-order valence-corrected chi connectivity index (χ1v) is 6.54. The van der Waals surface area contributed by atoms with Crippen molar-refractivity contribution in [3.8, 4) is 11.6 Å². The number of rotatable bonds is 7. The minimum Gasteiger partial charge on any atom is -0.478 e. The Labute approximate surface area is 121 Å². The lowest BCUT2D eigenvalue weighted by atomic mass is 10.2. The van der Waals surface area contributed by atoms with E-state index in [9.17, 15) is 8.78 Å². The molecule has 6 heteroatoms. The number of alkyl halides is 2. The van der Waals surface area contributed by atoms with Gasteiger partial charge in [0.15, 0.2) is 0 Å². The average molecular weight is 294 g/mol. The standard InChI is InChI=1S/C15H16F2N2O2/c1-2-20-14-8-5-12(10-19-14)18-9-11-3-6-13(7-4-11)21-15(16)17/h3-8,10,15,18H,2,9H2,1H3. The van der Waals surface area contributed by atoms with Crippen LogP contribution in [0.4, 0.5) is 14.5 Å². The largest absolute Gasteiger partial charge is 0.478 e. The maximum absolute atomic E-state index is 12.0. The van der Waals surface area contributed by atoms with E-state index in [2.05, 4.69) is 15.0 Å². The van der Waals surface area contributed by atoms with Crippen molar-refractivity contribution in [1.82, 2.24) is 4.98 Å². The molecule has 2 aromatic rings. The molecular weight excluding hydrogens is 278 g/mol. The zero-order chi connectivity index (χ0) is 15.1. The van der Waals surface area contributed by atoms with Gasteiger partial charge in [-0.1, -0.05) is 12.1 Å². The molecule has 0 saturated carbocycles. The number of nitrogens with one attached hydrogen (secondary N) is 1. The van der Waals surface area contributed by atoms with Gasteiger partial charge in [-0.25, -0.2) is 4.98 Å². The lowest BCUT2D eigenvalue weighted by Crippen LogP contribution is -2.03. The first-order valence-electron chi connectivity index (χ1n) is 6.54. The molecule has 1 aromatic heterocycles. The van der Waals surface area contributed by atoms with Gasteiger partial charge in [-0.15, -0.1) is 0 Å². The molecule has 4 nitrogen and oxygen atoms in total. The first-order chi connectivity index (χ1) is 10.2. The van der Waals surface area contributed by atoms with Gasteiger partial charge in [-0.2, -0.15) is 8.78 Å². The second-order valence-corrected chi connectivity index (χ2v) is 4.19. The van der Waals surface area contributed by atoms with Crippen LogP contribution in [0, 0.1) is 0 Å². The topological polar surface area (TPSA) is 43.4 Å². The van der Waals surface area contributed by atoms with Gasteiger partial charge in [0, 0.05) is 12.6 Å². The van der Waals surface area contributed by atoms with Gasteiger partial charge in [-0.3, -0.25) is 0 Å². The van der Waals surface area contributed by atoms with E-state index in [1.807, 2.05) is 13.0 Å². The molecule has 1 heterocycles. The van der Waals surface area contributed by atoms with Gasteiger partial charge in [0.25, 0.3) is 0 Å². The van der Waals surface area contributed by atoms with Crippen LogP contribution in [0.3, 0.4) is 0 Å². The van der Waals surface area contributed by atoms with Crippen LogP contribution in [0.5, 0.6) is 11.6 Å². The van der Waals surface area contributed by atoms with Crippen molar-refractivity contribution in [2.45, 2.75) is 20.1 Å². The number of benzene rings is 1. The maximum Gasteiger partial charge on any atom is 0.387 e. The Balaban J connectivity index is 1.87. The van der Waals surface area contributed by atoms with Crippen molar-refractivity contribution in [3.63, 3.8) is 0 Å². The van der Waals surface area contributed by atoms with Gasteiger partial charge in [-0.05, 0) is 30.7 Å². The lowest BCUT2D eigenvalue weighted by Gasteiger charge is -2.08. The monoisotopic (exact) mass is 294 g/mol. The third-order valence-corrected chi connectivity index (χ3v) is 2.67. The minimum absolute atomic E-state index is 0.150. The fourth-order valence-corrected chi connectivity index (χ4v) is 1.71. The lowest BCUT2D eigenvalue weighted by molar-refractivity contribution is -0.0498. The number of anilines is 1. The molecule has 1 N–H and O–H groups in total. The Kier molecular flexibility index (Phi) is 5.31. The molecule has 0 aliphatic rings. The van der Waals surface area contributed by atoms with Crippen LogP contribution in [0.15, 0.2) is 42.6 Å². The van der Waals surface area contributed by atoms with Crippen LogP contribution >= 0.6 is 0 Å². The van der Waals surface area contributed by atoms with Crippen LogP contribution in [-0.4, -0.2) is 18.2 Å². The SMILES string of the molecule is CCOc1ccc(NCc2ccc(OC(F)F)cc2)cn1. The number of pyridine rings is 1. The maximum atomic E-state index is 12.0. The Morgan fingerprint density at radius 3 is 2.48 bits per heavy atom. The summed E-state index contributed by atoms with van der Waals surface area (Å²) in [7, 11) is 0. The summed E-state index contributed by atoms with van der Waals surface area (Å²) < 4.78 is 33.6. The third kappa shape index (κ3) is 4.91. The van der Waals surface area contributed by atoms with Crippen LogP contribution in [0.25, 0.3) is 0 Å². The summed E-state index contributed by atoms with van der Waals surface area (Å²) in [4.78, 5) is 4.14. The Hall–Kier alpha value is -2.37. The number of hydrogen-bond donors (Lipinski definition) is 1. The molecule has 0 radical (unpaired) electrons. The molecule has 112 valence electrons. The Morgan fingerprint density at radius 2 is 1.90 bits per heavy atom. The average Bonchev–Trinajstić information content (AvgIpc) is 2.48. The number of halogens is 2. The van der Waals surface area contributed by atoms with Crippen molar-refractivity contribution in [3.05, 3.63) is 48.2 Å². The quantitative estimate of drug-likeness (QED) is 0.845. The van der Waals surface area contributed by atoms with E-state index in [4.69, 9.17) is 4.74 Å². The first kappa shape index (κ1) is 15.0. The van der Waals surface area contributed by atoms with E-state index in [0.29, 0.717) is 19.0 Å². The van der Waals surface area contributed by atoms with Crippen molar-refractivity contribution in [1.29, 1.82) is 0 Å². The van der Waals surface area contributed by atoms with Gasteiger partial charge in [0.05, 0.1) is 18.5 Å². The number of hydrogen-bond acceptors (Lipinski definition) is 4. The minimum atomic E-state index is -2.80. The summed E-state index contributed by atoms with van der Waals surface area (Å²) in [6, 6.07) is 10.1. The molecule has 0 spiro atoms. The fraction of sp³-hybridized carbons (Fsp3) is 0.267. The molecule has 0 atom stereocenters. The van der Waals surface area contributed by atoms with Crippen molar-refractivity contribution >= 4 is 5.69 Å². The summed E-state index contributed by atoms with van der Waals surface area (Å²) in [5.41, 5.74) is 1.80. The molecule has 0 fully saturated rings. The van der Waals surface area contributed by atoms with Crippen molar-refractivity contribution in [2.75, 3.05) is 11.9 Å². The molecular formula is C15H16F2N2O2. The second-order valence-electron chi connectivity index (χ2n) is 4.19. The van der Waals surface area contributed by atoms with Crippen LogP contribution < -0.4 is 14.8 Å². The molecule has 0 amide bonds. The Bertz CT molecular complexity index is 545. The molecule has 0 aliphatic carbocycles. The molecule has 0 aliphatic heterocycles. The number of aromatic nitrogens is 1. The summed E-state index contributed by atoms with van der Waals surface area (Å²) in [6.45, 7) is 0.232. The van der Waals surface area contributed by atoms with E-state index < -0.39 is 6.61 Å². The highest BCUT2D eigenvalue weighted by molar-refractivity contribution is 5.43. The number of ether oxygens (including phenoxy) is 2. The van der Waals surface area contributed by atoms with Crippen molar-refractivity contribution in [2.24, 2.45) is 0 Å². The van der Waals surface area contributed by atoms with Crippen LogP contribution in [0.1, 0.15) is 12.5 Å². The predicted molar refractivity (Wildman–Crippen MR) is 75.8 cm³/mol. The van der Waals surface area contributed by atoms with E-state index in [0.717, 1.165) is 11.3 Å². The molecule has 0 bridgehead atoms. The van der Waals surface area contributed by atoms with Gasteiger partial charge >= 0.3 is 6.61 Å².